The van der Waals surface area contributed by atoms with Crippen LogP contribution in [0, 0.1) is 3.56 Å². The molecule has 1 fully saturated rings. The molecule has 1 heterocycles. The van der Waals surface area contributed by atoms with Gasteiger partial charge < -0.3 is 4.74 Å². The maximum absolute atomic E-state index is 6.99. The maximum atomic E-state index is 6.99. The van der Waals surface area contributed by atoms with Crippen molar-refractivity contribution >= 4 is 21.0 Å². The second-order valence-electron chi connectivity index (χ2n) is 1.36. The number of halogens is 1. The molecule has 4 heteroatoms. The molecule has 0 bridgehead atoms. The van der Waals surface area contributed by atoms with Gasteiger partial charge >= 0.3 is 0 Å². The maximum Gasteiger partial charge on any atom is 0.206 e. The molecule has 3 nitrogen and oxygen atoms in total. The van der Waals surface area contributed by atoms with Crippen molar-refractivity contribution in [1.29, 1.82) is 3.56 Å². The van der Waals surface area contributed by atoms with Crippen molar-refractivity contribution in [3.05, 3.63) is 0 Å². The highest BCUT2D eigenvalue weighted by Gasteiger charge is 2.42. The van der Waals surface area contributed by atoms with Crippen LogP contribution in [0.4, 0.5) is 0 Å². The summed E-state index contributed by atoms with van der Waals surface area (Å²) in [5.41, 5.74) is 0. The number of ether oxygens (including phenoxy) is 1. The lowest BCUT2D eigenvalue weighted by Crippen LogP contribution is -2.21. The average molecular weight is 214 g/mol. The summed E-state index contributed by atoms with van der Waals surface area (Å²) in [6, 6.07) is 0. The summed E-state index contributed by atoms with van der Waals surface area (Å²) >= 11 is -0.511. The second-order valence-corrected chi connectivity index (χ2v) is 3.64. The van der Waals surface area contributed by atoms with E-state index in [1.807, 2.05) is 7.05 Å². The van der Waals surface area contributed by atoms with Crippen LogP contribution in [0.25, 0.3) is 0 Å². The molecule has 0 aromatic rings. The van der Waals surface area contributed by atoms with Gasteiger partial charge in [-0.1, -0.05) is 0 Å². The Morgan fingerprint density at radius 1 is 2.00 bits per heavy atom. The summed E-state index contributed by atoms with van der Waals surface area (Å²) in [5.74, 6) is 0. The summed E-state index contributed by atoms with van der Waals surface area (Å²) in [6.45, 7) is 0.750. The van der Waals surface area contributed by atoms with Crippen LogP contribution in [0.2, 0.25) is 0 Å². The first-order valence-electron chi connectivity index (χ1n) is 1.97. The second kappa shape index (κ2) is 1.75. The van der Waals surface area contributed by atoms with Crippen molar-refractivity contribution in [3.63, 3.8) is 0 Å². The van der Waals surface area contributed by atoms with Gasteiger partial charge in [-0.25, -0.2) is 0 Å². The first-order valence-corrected chi connectivity index (χ1v) is 4.13. The third-order valence-electron chi connectivity index (χ3n) is 0.924. The predicted octanol–water partition coefficient (Wildman–Crippen LogP) is 0.623. The summed E-state index contributed by atoms with van der Waals surface area (Å²) < 4.78 is 11.8. The number of alkyl halides is 1. The van der Waals surface area contributed by atoms with Gasteiger partial charge in [0.25, 0.3) is 0 Å². The zero-order valence-electron chi connectivity index (χ0n) is 3.99. The number of rotatable bonds is 2. The van der Waals surface area contributed by atoms with Crippen molar-refractivity contribution in [1.82, 2.24) is 5.32 Å². The third kappa shape index (κ3) is 0.974. The molecule has 0 amide bonds. The lowest BCUT2D eigenvalue weighted by molar-refractivity contribution is 0.371. The minimum Gasteiger partial charge on any atom is -0.343 e. The molecule has 2 N–H and O–H groups in total. The van der Waals surface area contributed by atoms with Crippen LogP contribution in [0.15, 0.2) is 0 Å². The van der Waals surface area contributed by atoms with Gasteiger partial charge in [-0.3, -0.25) is 8.88 Å². The minimum absolute atomic E-state index is 0.140. The van der Waals surface area contributed by atoms with Crippen molar-refractivity contribution in [2.24, 2.45) is 0 Å². The lowest BCUT2D eigenvalue weighted by atomic mass is 10.8. The van der Waals surface area contributed by atoms with Crippen LogP contribution in [0.3, 0.4) is 0 Å². The van der Waals surface area contributed by atoms with Crippen molar-refractivity contribution in [2.45, 2.75) is 3.73 Å². The monoisotopic (exact) mass is 214 g/mol. The smallest absolute Gasteiger partial charge is 0.206 e. The normalized spacial score (nSPS) is 38.4. The van der Waals surface area contributed by atoms with Gasteiger partial charge in [-0.05, 0) is 7.05 Å². The number of nitrogens with one attached hydrogen (secondary N) is 2. The van der Waals surface area contributed by atoms with Crippen LogP contribution in [-0.4, -0.2) is 17.4 Å². The molecule has 1 aliphatic heterocycles. The molecule has 0 saturated carbocycles. The van der Waals surface area contributed by atoms with Gasteiger partial charge in [-0.2, -0.15) is 0 Å². The average Bonchev–Trinajstić information content (AvgIpc) is 2.46. The van der Waals surface area contributed by atoms with Crippen LogP contribution >= 0.6 is 21.0 Å². The van der Waals surface area contributed by atoms with Crippen molar-refractivity contribution < 1.29 is 4.74 Å². The SMILES string of the molecule is CNC1(I=N)CO1. The highest BCUT2D eigenvalue weighted by atomic mass is 127. The Labute approximate surface area is 52.4 Å². The van der Waals surface area contributed by atoms with Crippen molar-refractivity contribution in [3.8, 4) is 0 Å². The lowest BCUT2D eigenvalue weighted by Gasteiger charge is -1.96. The van der Waals surface area contributed by atoms with E-state index < -0.39 is 21.0 Å². The molecule has 0 aromatic heterocycles. The van der Waals surface area contributed by atoms with E-state index in [2.05, 4.69) is 5.32 Å². The molecule has 0 radical (unpaired) electrons. The van der Waals surface area contributed by atoms with Gasteiger partial charge in [0.2, 0.25) is 3.73 Å². The van der Waals surface area contributed by atoms with Gasteiger partial charge in [0.15, 0.2) is 0 Å². The molecular formula is C3H7IN2O. The minimum atomic E-state index is -0.511. The molecule has 7 heavy (non-hydrogen) atoms. The van der Waals surface area contributed by atoms with Gasteiger partial charge in [0.1, 0.15) is 6.61 Å². The van der Waals surface area contributed by atoms with Gasteiger partial charge in [0, 0.05) is 21.0 Å². The van der Waals surface area contributed by atoms with Crippen LogP contribution in [0.5, 0.6) is 0 Å². The van der Waals surface area contributed by atoms with Crippen LogP contribution < -0.4 is 5.32 Å². The van der Waals surface area contributed by atoms with Crippen LogP contribution in [0.1, 0.15) is 0 Å². The summed E-state index contributed by atoms with van der Waals surface area (Å²) in [4.78, 5) is 0. The standard InChI is InChI=1S/C3H7IN2O/c1-6-3(4-5)2-7-3/h5-6H,2H2,1H3. The molecule has 1 atom stereocenters. The zero-order valence-corrected chi connectivity index (χ0v) is 6.15. The number of epoxide rings is 1. The highest BCUT2D eigenvalue weighted by molar-refractivity contribution is 14.2. The number of hydrogen-bond acceptors (Lipinski definition) is 3. The van der Waals surface area contributed by atoms with Crippen molar-refractivity contribution in [2.75, 3.05) is 13.7 Å². The van der Waals surface area contributed by atoms with E-state index >= 15 is 0 Å². The van der Waals surface area contributed by atoms with E-state index in [9.17, 15) is 0 Å². The molecule has 0 aromatic carbocycles. The van der Waals surface area contributed by atoms with E-state index in [1.165, 1.54) is 0 Å². The van der Waals surface area contributed by atoms with E-state index in [0.29, 0.717) is 0 Å². The summed E-state index contributed by atoms with van der Waals surface area (Å²) in [5, 5.41) is 2.94. The zero-order chi connectivity index (χ0) is 5.33. The first-order chi connectivity index (χ1) is 3.33. The molecule has 0 spiro atoms. The van der Waals surface area contributed by atoms with E-state index in [1.54, 1.807) is 0 Å². The van der Waals surface area contributed by atoms with E-state index in [-0.39, 0.29) is 3.73 Å². The summed E-state index contributed by atoms with van der Waals surface area (Å²) in [6.07, 6.45) is 0. The Morgan fingerprint density at radius 2 is 2.57 bits per heavy atom. The molecular weight excluding hydrogens is 207 g/mol. The molecule has 0 aliphatic carbocycles. The Morgan fingerprint density at radius 3 is 2.57 bits per heavy atom. The number of likely N-dealkylation sites (N-methyl/N-ethyl adjacent to an activating group) is 1. The summed E-state index contributed by atoms with van der Waals surface area (Å²) in [7, 11) is 1.83. The van der Waals surface area contributed by atoms with E-state index in [4.69, 9.17) is 8.30 Å². The van der Waals surface area contributed by atoms with Gasteiger partial charge in [0.05, 0.1) is 0 Å². The predicted molar refractivity (Wildman–Crippen MR) is 34.5 cm³/mol. The Bertz CT molecular complexity index is 90.9. The Balaban J connectivity index is 2.42. The third-order valence-corrected chi connectivity index (χ3v) is 2.96. The molecule has 1 unspecified atom stereocenters. The fraction of sp³-hybridized carbons (Fsp3) is 1.00. The first kappa shape index (κ1) is 5.58. The fourth-order valence-corrected chi connectivity index (χ4v) is 1.05. The quantitative estimate of drug-likeness (QED) is 0.306. The Kier molecular flexibility index (Phi) is 1.40. The van der Waals surface area contributed by atoms with Crippen LogP contribution in [-0.2, 0) is 4.74 Å². The van der Waals surface area contributed by atoms with E-state index in [0.717, 1.165) is 6.61 Å². The van der Waals surface area contributed by atoms with Gasteiger partial charge in [-0.15, -0.1) is 0 Å². The molecule has 1 saturated heterocycles. The Hall–Kier alpha value is 0.450. The highest BCUT2D eigenvalue weighted by Crippen LogP contribution is 2.34. The topological polar surface area (TPSA) is 48.4 Å². The number of hydrogen-bond donors (Lipinski definition) is 2. The fourth-order valence-electron chi connectivity index (χ4n) is 0.309. The largest absolute Gasteiger partial charge is 0.343 e. The molecule has 1 aliphatic rings. The molecule has 1 rings (SSSR count). The molecule has 42 valence electrons.